The lowest BCUT2D eigenvalue weighted by atomic mass is 10.1. The van der Waals surface area contributed by atoms with Crippen molar-refractivity contribution in [1.29, 1.82) is 0 Å². The maximum Gasteiger partial charge on any atom is 0.105 e. The number of halogens is 1. The lowest BCUT2D eigenvalue weighted by Crippen LogP contribution is -2.28. The van der Waals surface area contributed by atoms with Crippen LogP contribution in [0.4, 0.5) is 4.39 Å². The molecule has 3 atom stereocenters. The second kappa shape index (κ2) is 8.39. The third-order valence-electron chi connectivity index (χ3n) is 3.29. The van der Waals surface area contributed by atoms with Gasteiger partial charge < -0.3 is 23.7 Å². The van der Waals surface area contributed by atoms with E-state index in [2.05, 4.69) is 0 Å². The summed E-state index contributed by atoms with van der Waals surface area (Å²) in [6.45, 7) is 7.41. The van der Waals surface area contributed by atoms with Crippen LogP contribution in [-0.2, 0) is 23.7 Å². The van der Waals surface area contributed by atoms with E-state index in [4.69, 9.17) is 23.7 Å². The molecule has 2 rings (SSSR count). The number of ether oxygens (including phenoxy) is 5. The summed E-state index contributed by atoms with van der Waals surface area (Å²) in [5.41, 5.74) is -1.13. The van der Waals surface area contributed by atoms with Gasteiger partial charge in [-0.3, -0.25) is 0 Å². The van der Waals surface area contributed by atoms with Crippen LogP contribution in [-0.4, -0.2) is 70.2 Å². The highest BCUT2D eigenvalue weighted by atomic mass is 19.1. The van der Waals surface area contributed by atoms with Gasteiger partial charge in [-0.25, -0.2) is 4.39 Å². The summed E-state index contributed by atoms with van der Waals surface area (Å²) < 4.78 is 40.4. The molecule has 0 saturated carbocycles. The lowest BCUT2D eigenvalue weighted by Gasteiger charge is -2.18. The van der Waals surface area contributed by atoms with Crippen molar-refractivity contribution in [2.75, 3.05) is 46.2 Å². The van der Waals surface area contributed by atoms with Crippen molar-refractivity contribution in [3.05, 3.63) is 0 Å². The van der Waals surface area contributed by atoms with Gasteiger partial charge in [-0.2, -0.15) is 0 Å². The minimum Gasteiger partial charge on any atom is -0.379 e. The standard InChI is InChI=1S/C15H27FO5/c1-15(2,16)4-3-5-17-6-12(19-10-14-11-21-14)7-18-8-13-9-20-13/h12-14H,3-11H2,1-2H3. The predicted octanol–water partition coefficient (Wildman–Crippen LogP) is 1.73. The molecule has 5 nitrogen and oxygen atoms in total. The van der Waals surface area contributed by atoms with E-state index in [1.807, 2.05) is 0 Å². The summed E-state index contributed by atoms with van der Waals surface area (Å²) >= 11 is 0. The third-order valence-corrected chi connectivity index (χ3v) is 3.29. The van der Waals surface area contributed by atoms with E-state index in [1.54, 1.807) is 13.8 Å². The summed E-state index contributed by atoms with van der Waals surface area (Å²) in [6, 6.07) is 0. The number of epoxide rings is 2. The zero-order valence-corrected chi connectivity index (χ0v) is 13.0. The highest BCUT2D eigenvalue weighted by molar-refractivity contribution is 4.71. The van der Waals surface area contributed by atoms with Crippen molar-refractivity contribution in [3.8, 4) is 0 Å². The molecule has 0 amide bonds. The summed E-state index contributed by atoms with van der Waals surface area (Å²) in [6.07, 6.45) is 1.59. The van der Waals surface area contributed by atoms with E-state index in [1.165, 1.54) is 0 Å². The average molecular weight is 306 g/mol. The Morgan fingerprint density at radius 2 is 1.71 bits per heavy atom. The highest BCUT2D eigenvalue weighted by Gasteiger charge is 2.26. The molecule has 0 spiro atoms. The minimum absolute atomic E-state index is 0.105. The highest BCUT2D eigenvalue weighted by Crippen LogP contribution is 2.16. The average Bonchev–Trinajstić information content (AvgIpc) is 3.26. The van der Waals surface area contributed by atoms with Crippen LogP contribution < -0.4 is 0 Å². The lowest BCUT2D eigenvalue weighted by molar-refractivity contribution is -0.0656. The zero-order chi connectivity index (χ0) is 15.1. The van der Waals surface area contributed by atoms with E-state index >= 15 is 0 Å². The molecular weight excluding hydrogens is 279 g/mol. The molecule has 0 bridgehead atoms. The van der Waals surface area contributed by atoms with Crippen molar-refractivity contribution in [1.82, 2.24) is 0 Å². The van der Waals surface area contributed by atoms with Gasteiger partial charge in [0.1, 0.15) is 24.0 Å². The molecule has 3 unspecified atom stereocenters. The second-order valence-corrected chi connectivity index (χ2v) is 6.30. The van der Waals surface area contributed by atoms with Crippen LogP contribution >= 0.6 is 0 Å². The number of rotatable bonds is 13. The summed E-state index contributed by atoms with van der Waals surface area (Å²) in [4.78, 5) is 0. The molecule has 2 aliphatic heterocycles. The maximum atomic E-state index is 13.3. The SMILES string of the molecule is CC(C)(F)CCCOCC(COCC1CO1)OCC1CO1. The fourth-order valence-corrected chi connectivity index (χ4v) is 1.86. The van der Waals surface area contributed by atoms with Crippen LogP contribution in [0.15, 0.2) is 0 Å². The van der Waals surface area contributed by atoms with Gasteiger partial charge in [-0.05, 0) is 26.7 Å². The fourth-order valence-electron chi connectivity index (χ4n) is 1.86. The van der Waals surface area contributed by atoms with Crippen LogP contribution in [0, 0.1) is 0 Å². The Hall–Kier alpha value is -0.270. The van der Waals surface area contributed by atoms with Crippen molar-refractivity contribution >= 4 is 0 Å². The van der Waals surface area contributed by atoms with Crippen LogP contribution in [0.3, 0.4) is 0 Å². The first-order valence-electron chi connectivity index (χ1n) is 7.72. The maximum absolute atomic E-state index is 13.3. The van der Waals surface area contributed by atoms with Crippen LogP contribution in [0.5, 0.6) is 0 Å². The minimum atomic E-state index is -1.13. The van der Waals surface area contributed by atoms with Gasteiger partial charge in [0.05, 0.1) is 39.6 Å². The molecule has 2 saturated heterocycles. The summed E-state index contributed by atoms with van der Waals surface area (Å²) in [5, 5.41) is 0. The smallest absolute Gasteiger partial charge is 0.105 e. The molecule has 2 aliphatic rings. The molecular formula is C15H27FO5. The Bertz CT molecular complexity index is 286. The Kier molecular flexibility index (Phi) is 6.82. The molecule has 6 heteroatoms. The zero-order valence-electron chi connectivity index (χ0n) is 13.0. The van der Waals surface area contributed by atoms with Crippen molar-refractivity contribution in [3.63, 3.8) is 0 Å². The van der Waals surface area contributed by atoms with Gasteiger partial charge in [-0.1, -0.05) is 0 Å². The molecule has 0 aliphatic carbocycles. The fraction of sp³-hybridized carbons (Fsp3) is 1.00. The monoisotopic (exact) mass is 306 g/mol. The summed E-state index contributed by atoms with van der Waals surface area (Å²) in [7, 11) is 0. The van der Waals surface area contributed by atoms with Crippen molar-refractivity contribution in [2.24, 2.45) is 0 Å². The molecule has 2 fully saturated rings. The van der Waals surface area contributed by atoms with Gasteiger partial charge >= 0.3 is 0 Å². The molecule has 21 heavy (non-hydrogen) atoms. The van der Waals surface area contributed by atoms with E-state index < -0.39 is 5.67 Å². The van der Waals surface area contributed by atoms with E-state index in [0.717, 1.165) is 13.2 Å². The van der Waals surface area contributed by atoms with E-state index in [0.29, 0.717) is 45.9 Å². The van der Waals surface area contributed by atoms with Crippen LogP contribution in [0.2, 0.25) is 0 Å². The normalized spacial score (nSPS) is 25.9. The molecule has 0 aromatic rings. The molecule has 0 radical (unpaired) electrons. The third kappa shape index (κ3) is 9.37. The first-order valence-corrected chi connectivity index (χ1v) is 7.72. The topological polar surface area (TPSA) is 52.8 Å². The Labute approximate surface area is 126 Å². The van der Waals surface area contributed by atoms with Gasteiger partial charge in [0, 0.05) is 6.61 Å². The van der Waals surface area contributed by atoms with E-state index in [-0.39, 0.29) is 18.3 Å². The van der Waals surface area contributed by atoms with Crippen LogP contribution in [0.25, 0.3) is 0 Å². The van der Waals surface area contributed by atoms with Gasteiger partial charge in [0.2, 0.25) is 0 Å². The molecule has 0 aromatic carbocycles. The predicted molar refractivity (Wildman–Crippen MR) is 75.3 cm³/mol. The largest absolute Gasteiger partial charge is 0.379 e. The van der Waals surface area contributed by atoms with Crippen LogP contribution in [0.1, 0.15) is 26.7 Å². The quantitative estimate of drug-likeness (QED) is 0.383. The number of hydrogen-bond acceptors (Lipinski definition) is 5. The number of hydrogen-bond donors (Lipinski definition) is 0. The summed E-state index contributed by atoms with van der Waals surface area (Å²) in [5.74, 6) is 0. The molecule has 124 valence electrons. The first kappa shape index (κ1) is 17.1. The Balaban J connectivity index is 1.52. The Morgan fingerprint density at radius 3 is 2.33 bits per heavy atom. The molecule has 2 heterocycles. The number of alkyl halides is 1. The first-order chi connectivity index (χ1) is 10.0. The van der Waals surface area contributed by atoms with Crippen molar-refractivity contribution in [2.45, 2.75) is 50.7 Å². The molecule has 0 N–H and O–H groups in total. The molecule has 0 aromatic heterocycles. The Morgan fingerprint density at radius 1 is 1.10 bits per heavy atom. The van der Waals surface area contributed by atoms with Gasteiger partial charge in [-0.15, -0.1) is 0 Å². The van der Waals surface area contributed by atoms with Crippen molar-refractivity contribution < 1.29 is 28.1 Å². The second-order valence-electron chi connectivity index (χ2n) is 6.30. The van der Waals surface area contributed by atoms with E-state index in [9.17, 15) is 4.39 Å². The van der Waals surface area contributed by atoms with Gasteiger partial charge in [0.15, 0.2) is 0 Å². The van der Waals surface area contributed by atoms with Gasteiger partial charge in [0.25, 0.3) is 0 Å².